The second-order valence-electron chi connectivity index (χ2n) is 7.42. The van der Waals surface area contributed by atoms with Crippen LogP contribution in [-0.2, 0) is 13.0 Å². The first kappa shape index (κ1) is 18.4. The maximum absolute atomic E-state index is 5.99. The van der Waals surface area contributed by atoms with Crippen LogP contribution in [0.1, 0.15) is 35.7 Å². The summed E-state index contributed by atoms with van der Waals surface area (Å²) < 4.78 is 5.20. The smallest absolute Gasteiger partial charge is 0.118 e. The van der Waals surface area contributed by atoms with Gasteiger partial charge in [-0.05, 0) is 86.0 Å². The molecule has 0 fully saturated rings. The molecule has 5 heteroatoms. The lowest BCUT2D eigenvalue weighted by Gasteiger charge is -2.20. The number of nitrogen functional groups attached to an aromatic ring is 1. The highest BCUT2D eigenvalue weighted by Gasteiger charge is 2.26. The molecule has 4 rings (SSSR count). The largest absolute Gasteiger partial charge is 0.497 e. The normalized spacial score (nSPS) is 16.1. The molecule has 1 aromatic heterocycles. The van der Waals surface area contributed by atoms with E-state index in [2.05, 4.69) is 40.3 Å². The Morgan fingerprint density at radius 3 is 2.61 bits per heavy atom. The SMILES string of the molecule is COc1ccc(-c2ccc(CCCC3c4cc(N)ccc4CN3C)nn2)cc1. The molecule has 1 unspecified atom stereocenters. The van der Waals surface area contributed by atoms with Crippen LogP contribution in [0.2, 0.25) is 0 Å². The zero-order chi connectivity index (χ0) is 19.5. The number of benzene rings is 2. The van der Waals surface area contributed by atoms with Crippen LogP contribution < -0.4 is 10.5 Å². The number of aryl methyl sites for hydroxylation is 1. The quantitative estimate of drug-likeness (QED) is 0.654. The van der Waals surface area contributed by atoms with Gasteiger partial charge in [-0.2, -0.15) is 10.2 Å². The van der Waals surface area contributed by atoms with Crippen molar-refractivity contribution in [3.05, 3.63) is 71.4 Å². The Bertz CT molecular complexity index is 938. The molecule has 0 bridgehead atoms. The van der Waals surface area contributed by atoms with Crippen molar-refractivity contribution in [3.63, 3.8) is 0 Å². The van der Waals surface area contributed by atoms with Gasteiger partial charge < -0.3 is 10.5 Å². The minimum absolute atomic E-state index is 0.435. The molecule has 1 atom stereocenters. The summed E-state index contributed by atoms with van der Waals surface area (Å²) in [7, 11) is 3.85. The number of anilines is 1. The fourth-order valence-corrected chi connectivity index (χ4v) is 3.95. The Morgan fingerprint density at radius 1 is 1.07 bits per heavy atom. The average Bonchev–Trinajstić information content (AvgIpc) is 3.03. The molecule has 2 heterocycles. The lowest BCUT2D eigenvalue weighted by Crippen LogP contribution is -2.16. The summed E-state index contributed by atoms with van der Waals surface area (Å²) in [6.07, 6.45) is 3.09. The van der Waals surface area contributed by atoms with Crippen LogP contribution in [0, 0.1) is 0 Å². The van der Waals surface area contributed by atoms with Gasteiger partial charge in [-0.1, -0.05) is 6.07 Å². The van der Waals surface area contributed by atoms with Crippen LogP contribution in [0.4, 0.5) is 5.69 Å². The number of nitrogens with zero attached hydrogens (tertiary/aromatic N) is 3. The van der Waals surface area contributed by atoms with Gasteiger partial charge in [0.2, 0.25) is 0 Å². The number of nitrogens with two attached hydrogens (primary N) is 1. The molecule has 2 aromatic carbocycles. The summed E-state index contributed by atoms with van der Waals surface area (Å²) in [5, 5.41) is 8.82. The third kappa shape index (κ3) is 3.85. The second-order valence-corrected chi connectivity index (χ2v) is 7.42. The zero-order valence-electron chi connectivity index (χ0n) is 16.4. The van der Waals surface area contributed by atoms with Crippen LogP contribution in [0.15, 0.2) is 54.6 Å². The van der Waals surface area contributed by atoms with Gasteiger partial charge in [-0.25, -0.2) is 0 Å². The summed E-state index contributed by atoms with van der Waals surface area (Å²) >= 11 is 0. The highest BCUT2D eigenvalue weighted by Crippen LogP contribution is 2.36. The van der Waals surface area contributed by atoms with E-state index in [9.17, 15) is 0 Å². The van der Waals surface area contributed by atoms with E-state index in [1.165, 1.54) is 11.1 Å². The maximum Gasteiger partial charge on any atom is 0.118 e. The van der Waals surface area contributed by atoms with E-state index in [4.69, 9.17) is 10.5 Å². The van der Waals surface area contributed by atoms with Crippen molar-refractivity contribution in [2.75, 3.05) is 19.9 Å². The Labute approximate surface area is 166 Å². The fourth-order valence-electron chi connectivity index (χ4n) is 3.95. The maximum atomic E-state index is 5.99. The molecule has 0 saturated carbocycles. The van der Waals surface area contributed by atoms with Crippen molar-refractivity contribution in [3.8, 4) is 17.0 Å². The number of hydrogen-bond acceptors (Lipinski definition) is 5. The highest BCUT2D eigenvalue weighted by atomic mass is 16.5. The molecule has 0 spiro atoms. The third-order valence-electron chi connectivity index (χ3n) is 5.50. The first-order valence-electron chi connectivity index (χ1n) is 9.69. The summed E-state index contributed by atoms with van der Waals surface area (Å²) in [4.78, 5) is 2.41. The van der Waals surface area contributed by atoms with E-state index < -0.39 is 0 Å². The van der Waals surface area contributed by atoms with Crippen molar-refractivity contribution in [2.45, 2.75) is 31.8 Å². The predicted octanol–water partition coefficient (Wildman–Crippen LogP) is 4.24. The standard InChI is InChI=1S/C23H26N4O/c1-27-15-17-6-9-18(24)14-21(17)23(27)5-3-4-19-10-13-22(26-25-19)16-7-11-20(28-2)12-8-16/h6-14,23H,3-5,15,24H2,1-2H3. The molecular weight excluding hydrogens is 348 g/mol. The predicted molar refractivity (Wildman–Crippen MR) is 112 cm³/mol. The molecule has 2 N–H and O–H groups in total. The highest BCUT2D eigenvalue weighted by molar-refractivity contribution is 5.59. The molecule has 144 valence electrons. The van der Waals surface area contributed by atoms with Crippen molar-refractivity contribution >= 4 is 5.69 Å². The molecule has 0 amide bonds. The summed E-state index contributed by atoms with van der Waals surface area (Å²) in [5.74, 6) is 0.841. The van der Waals surface area contributed by atoms with Crippen LogP contribution in [0.3, 0.4) is 0 Å². The molecule has 1 aliphatic heterocycles. The summed E-state index contributed by atoms with van der Waals surface area (Å²) in [6, 6.07) is 18.7. The minimum atomic E-state index is 0.435. The minimum Gasteiger partial charge on any atom is -0.497 e. The second kappa shape index (κ2) is 7.98. The van der Waals surface area contributed by atoms with E-state index in [-0.39, 0.29) is 0 Å². The van der Waals surface area contributed by atoms with Crippen LogP contribution in [-0.4, -0.2) is 29.3 Å². The Balaban J connectivity index is 1.36. The lowest BCUT2D eigenvalue weighted by atomic mass is 9.99. The number of ether oxygens (including phenoxy) is 1. The Kier molecular flexibility index (Phi) is 5.26. The molecular formula is C23H26N4O. The number of rotatable bonds is 6. The topological polar surface area (TPSA) is 64.3 Å². The Morgan fingerprint density at radius 2 is 1.89 bits per heavy atom. The fraction of sp³-hybridized carbons (Fsp3) is 0.304. The van der Waals surface area contributed by atoms with Gasteiger partial charge in [0.05, 0.1) is 18.5 Å². The van der Waals surface area contributed by atoms with E-state index in [1.54, 1.807) is 7.11 Å². The van der Waals surface area contributed by atoms with Gasteiger partial charge in [0.15, 0.2) is 0 Å². The van der Waals surface area contributed by atoms with Gasteiger partial charge in [-0.15, -0.1) is 0 Å². The summed E-state index contributed by atoms with van der Waals surface area (Å²) in [5.41, 5.74) is 12.6. The lowest BCUT2D eigenvalue weighted by molar-refractivity contribution is 0.252. The third-order valence-corrected chi connectivity index (χ3v) is 5.50. The van der Waals surface area contributed by atoms with E-state index in [1.807, 2.05) is 36.4 Å². The Hall–Kier alpha value is -2.92. The van der Waals surface area contributed by atoms with Crippen molar-refractivity contribution in [1.29, 1.82) is 0 Å². The molecule has 0 saturated heterocycles. The molecule has 1 aliphatic rings. The van der Waals surface area contributed by atoms with Crippen molar-refractivity contribution < 1.29 is 4.74 Å². The number of fused-ring (bicyclic) bond motifs is 1. The van der Waals surface area contributed by atoms with Crippen LogP contribution in [0.25, 0.3) is 11.3 Å². The number of aromatic nitrogens is 2. The molecule has 0 radical (unpaired) electrons. The zero-order valence-corrected chi connectivity index (χ0v) is 16.4. The van der Waals surface area contributed by atoms with Crippen LogP contribution in [0.5, 0.6) is 5.75 Å². The van der Waals surface area contributed by atoms with Crippen molar-refractivity contribution in [2.24, 2.45) is 0 Å². The molecule has 3 aromatic rings. The first-order valence-corrected chi connectivity index (χ1v) is 9.69. The van der Waals surface area contributed by atoms with Crippen molar-refractivity contribution in [1.82, 2.24) is 15.1 Å². The molecule has 5 nitrogen and oxygen atoms in total. The van der Waals surface area contributed by atoms with E-state index >= 15 is 0 Å². The van der Waals surface area contributed by atoms with Gasteiger partial charge in [-0.3, -0.25) is 4.90 Å². The van der Waals surface area contributed by atoms with Gasteiger partial charge in [0.1, 0.15) is 5.75 Å². The monoisotopic (exact) mass is 374 g/mol. The first-order chi connectivity index (χ1) is 13.6. The van der Waals surface area contributed by atoms with E-state index in [0.717, 1.165) is 54.2 Å². The number of hydrogen-bond donors (Lipinski definition) is 1. The summed E-state index contributed by atoms with van der Waals surface area (Å²) in [6.45, 7) is 0.997. The van der Waals surface area contributed by atoms with Gasteiger partial charge in [0.25, 0.3) is 0 Å². The van der Waals surface area contributed by atoms with Gasteiger partial charge in [0, 0.05) is 23.8 Å². The van der Waals surface area contributed by atoms with E-state index in [0.29, 0.717) is 6.04 Å². The average molecular weight is 374 g/mol. The molecule has 0 aliphatic carbocycles. The van der Waals surface area contributed by atoms with Crippen LogP contribution >= 0.6 is 0 Å². The molecule has 28 heavy (non-hydrogen) atoms. The van der Waals surface area contributed by atoms with Gasteiger partial charge >= 0.3 is 0 Å². The number of methoxy groups -OCH3 is 1.